The molecule has 0 aliphatic heterocycles. The largest absolute Gasteiger partial charge is 0.465 e. The summed E-state index contributed by atoms with van der Waals surface area (Å²) in [4.78, 5) is 27.4. The molecule has 0 bridgehead atoms. The summed E-state index contributed by atoms with van der Waals surface area (Å²) >= 11 is 0. The Labute approximate surface area is 131 Å². The minimum Gasteiger partial charge on any atom is -0.465 e. The molecule has 114 valence electrons. The van der Waals surface area contributed by atoms with Crippen molar-refractivity contribution in [2.45, 2.75) is 0 Å². The molecule has 1 N–H and O–H groups in total. The van der Waals surface area contributed by atoms with Gasteiger partial charge in [-0.2, -0.15) is 0 Å². The topological polar surface area (TPSA) is 68.4 Å². The van der Waals surface area contributed by atoms with Gasteiger partial charge in [0, 0.05) is 11.1 Å². The Bertz CT molecular complexity index is 979. The summed E-state index contributed by atoms with van der Waals surface area (Å²) in [7, 11) is 2.58. The fraction of sp³-hybridized carbons (Fsp3) is 0.111. The predicted molar refractivity (Wildman–Crippen MR) is 85.4 cm³/mol. The van der Waals surface area contributed by atoms with Gasteiger partial charge in [-0.25, -0.2) is 9.59 Å². The molecule has 2 aromatic carbocycles. The summed E-state index contributed by atoms with van der Waals surface area (Å²) in [6.45, 7) is 0. The summed E-state index contributed by atoms with van der Waals surface area (Å²) < 4.78 is 9.67. The van der Waals surface area contributed by atoms with Gasteiger partial charge in [0.05, 0.1) is 19.9 Å². The van der Waals surface area contributed by atoms with Gasteiger partial charge < -0.3 is 14.5 Å². The Balaban J connectivity index is 2.12. The van der Waals surface area contributed by atoms with Crippen molar-refractivity contribution in [3.63, 3.8) is 0 Å². The lowest BCUT2D eigenvalue weighted by atomic mass is 10.0. The maximum atomic E-state index is 12.3. The number of esters is 2. The molecule has 0 atom stereocenters. The first-order chi connectivity index (χ1) is 11.2. The molecule has 3 aromatic rings. The fourth-order valence-corrected chi connectivity index (χ4v) is 3.29. The SMILES string of the molecule is COC(=O)c1[nH]c2c(c1C(=O)OC)-c1cccc3cccc-2c13. The molecule has 5 nitrogen and oxygen atoms in total. The summed E-state index contributed by atoms with van der Waals surface area (Å²) in [6.07, 6.45) is 0. The number of methoxy groups -OCH3 is 2. The molecule has 1 aliphatic rings. The van der Waals surface area contributed by atoms with E-state index in [1.54, 1.807) is 0 Å². The third-order valence-electron chi connectivity index (χ3n) is 4.22. The van der Waals surface area contributed by atoms with Crippen LogP contribution >= 0.6 is 0 Å². The smallest absolute Gasteiger partial charge is 0.355 e. The Morgan fingerprint density at radius 3 is 2.22 bits per heavy atom. The molecule has 0 saturated heterocycles. The molecule has 4 rings (SSSR count). The third kappa shape index (κ3) is 1.67. The summed E-state index contributed by atoms with van der Waals surface area (Å²) in [5, 5.41) is 2.15. The van der Waals surface area contributed by atoms with Crippen molar-refractivity contribution in [2.24, 2.45) is 0 Å². The number of nitrogens with one attached hydrogen (secondary N) is 1. The van der Waals surface area contributed by atoms with E-state index in [1.165, 1.54) is 14.2 Å². The second kappa shape index (κ2) is 4.71. The van der Waals surface area contributed by atoms with Gasteiger partial charge in [-0.15, -0.1) is 0 Å². The maximum Gasteiger partial charge on any atom is 0.355 e. The maximum absolute atomic E-state index is 12.3. The van der Waals surface area contributed by atoms with Gasteiger partial charge in [0.25, 0.3) is 0 Å². The highest BCUT2D eigenvalue weighted by Gasteiger charge is 2.34. The van der Waals surface area contributed by atoms with Gasteiger partial charge in [0.2, 0.25) is 0 Å². The number of aromatic nitrogens is 1. The number of benzene rings is 2. The molecule has 0 spiro atoms. The van der Waals surface area contributed by atoms with Gasteiger partial charge in [-0.05, 0) is 16.3 Å². The minimum atomic E-state index is -0.593. The van der Waals surface area contributed by atoms with Crippen LogP contribution in [-0.2, 0) is 9.47 Å². The van der Waals surface area contributed by atoms with Crippen molar-refractivity contribution < 1.29 is 19.1 Å². The molecule has 0 fully saturated rings. The van der Waals surface area contributed by atoms with Crippen LogP contribution < -0.4 is 0 Å². The van der Waals surface area contributed by atoms with Crippen molar-refractivity contribution in [3.05, 3.63) is 47.7 Å². The van der Waals surface area contributed by atoms with Crippen LogP contribution in [0.2, 0.25) is 0 Å². The monoisotopic (exact) mass is 307 g/mol. The summed E-state index contributed by atoms with van der Waals surface area (Å²) in [5.74, 6) is -1.16. The van der Waals surface area contributed by atoms with E-state index in [1.807, 2.05) is 36.4 Å². The number of H-pyrrole nitrogens is 1. The van der Waals surface area contributed by atoms with E-state index in [9.17, 15) is 9.59 Å². The van der Waals surface area contributed by atoms with Crippen molar-refractivity contribution in [1.82, 2.24) is 4.98 Å². The van der Waals surface area contributed by atoms with Gasteiger partial charge in [0.1, 0.15) is 11.3 Å². The van der Waals surface area contributed by atoms with Gasteiger partial charge in [0.15, 0.2) is 0 Å². The highest BCUT2D eigenvalue weighted by atomic mass is 16.5. The highest BCUT2D eigenvalue weighted by molar-refractivity contribution is 6.21. The molecule has 0 saturated carbocycles. The molecule has 1 heterocycles. The Hall–Kier alpha value is -3.08. The molecular weight excluding hydrogens is 294 g/mol. The predicted octanol–water partition coefficient (Wildman–Crippen LogP) is 3.39. The zero-order valence-electron chi connectivity index (χ0n) is 12.6. The Kier molecular flexibility index (Phi) is 2.78. The molecule has 1 aromatic heterocycles. The van der Waals surface area contributed by atoms with Crippen molar-refractivity contribution >= 4 is 22.7 Å². The zero-order chi connectivity index (χ0) is 16.1. The number of aromatic amines is 1. The quantitative estimate of drug-likeness (QED) is 0.576. The lowest BCUT2D eigenvalue weighted by Gasteiger charge is -2.06. The van der Waals surface area contributed by atoms with Crippen LogP contribution in [-0.4, -0.2) is 31.1 Å². The highest BCUT2D eigenvalue weighted by Crippen LogP contribution is 2.49. The number of hydrogen-bond acceptors (Lipinski definition) is 4. The van der Waals surface area contributed by atoms with Gasteiger partial charge in [-0.3, -0.25) is 0 Å². The Morgan fingerprint density at radius 1 is 0.913 bits per heavy atom. The van der Waals surface area contributed by atoms with E-state index in [-0.39, 0.29) is 11.3 Å². The standard InChI is InChI=1S/C18H13NO4/c1-22-17(20)14-13-10-7-3-5-9-6-4-8-11(12(9)10)15(13)19-16(14)18(21)23-2/h3-8,19H,1-2H3. The van der Waals surface area contributed by atoms with Crippen LogP contribution in [0, 0.1) is 0 Å². The zero-order valence-corrected chi connectivity index (χ0v) is 12.6. The summed E-state index contributed by atoms with van der Waals surface area (Å²) in [5.41, 5.74) is 3.67. The van der Waals surface area contributed by atoms with E-state index in [4.69, 9.17) is 9.47 Å². The van der Waals surface area contributed by atoms with Crippen LogP contribution in [0.3, 0.4) is 0 Å². The Morgan fingerprint density at radius 2 is 1.57 bits per heavy atom. The van der Waals surface area contributed by atoms with Gasteiger partial charge in [-0.1, -0.05) is 36.4 Å². The second-order valence-corrected chi connectivity index (χ2v) is 5.32. The number of ether oxygens (including phenoxy) is 2. The third-order valence-corrected chi connectivity index (χ3v) is 4.22. The number of fused-ring (bicyclic) bond motifs is 3. The van der Waals surface area contributed by atoms with E-state index < -0.39 is 11.9 Å². The molecule has 1 aliphatic carbocycles. The number of carbonyl (C=O) groups excluding carboxylic acids is 2. The number of hydrogen-bond donors (Lipinski definition) is 1. The average molecular weight is 307 g/mol. The molecular formula is C18H13NO4. The van der Waals surface area contributed by atoms with E-state index in [2.05, 4.69) is 4.98 Å². The van der Waals surface area contributed by atoms with Crippen LogP contribution in [0.25, 0.3) is 33.2 Å². The summed E-state index contributed by atoms with van der Waals surface area (Å²) in [6, 6.07) is 11.8. The van der Waals surface area contributed by atoms with Crippen LogP contribution in [0.15, 0.2) is 36.4 Å². The lowest BCUT2D eigenvalue weighted by Crippen LogP contribution is -2.11. The van der Waals surface area contributed by atoms with Crippen molar-refractivity contribution in [3.8, 4) is 22.4 Å². The van der Waals surface area contributed by atoms with E-state index in [0.29, 0.717) is 5.56 Å². The molecule has 0 unspecified atom stereocenters. The second-order valence-electron chi connectivity index (χ2n) is 5.32. The molecule has 0 radical (unpaired) electrons. The van der Waals surface area contributed by atoms with Gasteiger partial charge >= 0.3 is 11.9 Å². The molecule has 5 heteroatoms. The molecule has 0 amide bonds. The first-order valence-electron chi connectivity index (χ1n) is 7.12. The lowest BCUT2D eigenvalue weighted by molar-refractivity contribution is 0.0552. The number of carbonyl (C=O) groups is 2. The first-order valence-corrected chi connectivity index (χ1v) is 7.12. The normalized spacial score (nSPS) is 11.4. The van der Waals surface area contributed by atoms with Crippen LogP contribution in [0.1, 0.15) is 20.8 Å². The van der Waals surface area contributed by atoms with Crippen LogP contribution in [0.5, 0.6) is 0 Å². The minimum absolute atomic E-state index is 0.121. The van der Waals surface area contributed by atoms with E-state index in [0.717, 1.165) is 27.6 Å². The average Bonchev–Trinajstić information content (AvgIpc) is 3.12. The van der Waals surface area contributed by atoms with Crippen LogP contribution in [0.4, 0.5) is 0 Å². The van der Waals surface area contributed by atoms with Crippen molar-refractivity contribution in [2.75, 3.05) is 14.2 Å². The van der Waals surface area contributed by atoms with Crippen molar-refractivity contribution in [1.29, 1.82) is 0 Å². The first kappa shape index (κ1) is 13.6. The number of rotatable bonds is 2. The molecule has 23 heavy (non-hydrogen) atoms. The fourth-order valence-electron chi connectivity index (χ4n) is 3.29. The van der Waals surface area contributed by atoms with E-state index >= 15 is 0 Å².